The maximum Gasteiger partial charge on any atom is 0.128 e. The molecule has 0 aliphatic heterocycles. The van der Waals surface area contributed by atoms with E-state index in [4.69, 9.17) is 16.3 Å². The molecule has 0 fully saturated rings. The number of halogens is 3. The van der Waals surface area contributed by atoms with Crippen molar-refractivity contribution in [3.63, 3.8) is 0 Å². The molecule has 0 radical (unpaired) electrons. The number of methoxy groups -OCH3 is 1. The van der Waals surface area contributed by atoms with Gasteiger partial charge in [0.05, 0.1) is 12.1 Å². The molecule has 0 bridgehead atoms. The van der Waals surface area contributed by atoms with Gasteiger partial charge in [-0.2, -0.15) is 0 Å². The number of rotatable bonds is 3. The molecular weight excluding hydrogens is 419 g/mol. The van der Waals surface area contributed by atoms with E-state index in [1.165, 1.54) is 0 Å². The first kappa shape index (κ1) is 16.8. The van der Waals surface area contributed by atoms with Gasteiger partial charge in [-0.25, -0.2) is 0 Å². The van der Waals surface area contributed by atoms with E-state index in [0.717, 1.165) is 25.6 Å². The van der Waals surface area contributed by atoms with Crippen molar-refractivity contribution in [2.24, 2.45) is 0 Å². The lowest BCUT2D eigenvalue weighted by Gasteiger charge is -2.21. The highest BCUT2D eigenvalue weighted by molar-refractivity contribution is 9.10. The summed E-state index contributed by atoms with van der Waals surface area (Å²) in [7, 11) is 1.61. The number of aryl methyl sites for hydroxylation is 1. The number of aliphatic hydroxyl groups is 1. The van der Waals surface area contributed by atoms with Crippen molar-refractivity contribution in [3.05, 3.63) is 60.5 Å². The summed E-state index contributed by atoms with van der Waals surface area (Å²) < 4.78 is 7.17. The fraction of sp³-hybridized carbons (Fsp3) is 0.250. The molecule has 2 nitrogen and oxygen atoms in total. The third kappa shape index (κ3) is 3.14. The van der Waals surface area contributed by atoms with Gasteiger partial charge >= 0.3 is 0 Å². The van der Waals surface area contributed by atoms with Gasteiger partial charge in [0.25, 0.3) is 0 Å². The Hall–Kier alpha value is -0.550. The zero-order valence-electron chi connectivity index (χ0n) is 11.9. The first-order valence-electron chi connectivity index (χ1n) is 6.34. The van der Waals surface area contributed by atoms with Gasteiger partial charge in [-0.3, -0.25) is 0 Å². The van der Waals surface area contributed by atoms with Crippen LogP contribution in [0.15, 0.2) is 33.2 Å². The number of benzene rings is 2. The SMILES string of the molecule is COc1c(C)cc(Br)c(C)c1C(O)c1cccc(Br)c1Cl. The summed E-state index contributed by atoms with van der Waals surface area (Å²) in [5.41, 5.74) is 3.26. The Kier molecular flexibility index (Phi) is 5.36. The van der Waals surface area contributed by atoms with Crippen LogP contribution in [0.5, 0.6) is 5.75 Å². The van der Waals surface area contributed by atoms with Crippen LogP contribution < -0.4 is 4.74 Å². The molecule has 1 N–H and O–H groups in total. The van der Waals surface area contributed by atoms with Crippen molar-refractivity contribution in [1.82, 2.24) is 0 Å². The van der Waals surface area contributed by atoms with Crippen molar-refractivity contribution in [1.29, 1.82) is 0 Å². The fourth-order valence-corrected chi connectivity index (χ4v) is 3.53. The molecule has 2 aromatic rings. The summed E-state index contributed by atoms with van der Waals surface area (Å²) in [6, 6.07) is 7.48. The lowest BCUT2D eigenvalue weighted by molar-refractivity contribution is 0.213. The third-order valence-corrected chi connectivity index (χ3v) is 5.60. The minimum Gasteiger partial charge on any atom is -0.496 e. The van der Waals surface area contributed by atoms with Gasteiger partial charge in [0, 0.05) is 20.1 Å². The topological polar surface area (TPSA) is 29.5 Å². The van der Waals surface area contributed by atoms with E-state index in [1.54, 1.807) is 7.11 Å². The first-order valence-corrected chi connectivity index (χ1v) is 8.30. The van der Waals surface area contributed by atoms with E-state index >= 15 is 0 Å². The number of ether oxygens (including phenoxy) is 1. The van der Waals surface area contributed by atoms with Crippen molar-refractivity contribution >= 4 is 43.5 Å². The molecule has 1 atom stereocenters. The van der Waals surface area contributed by atoms with Gasteiger partial charge in [-0.05, 0) is 53.0 Å². The van der Waals surface area contributed by atoms with Crippen LogP contribution in [-0.2, 0) is 0 Å². The molecule has 5 heteroatoms. The summed E-state index contributed by atoms with van der Waals surface area (Å²) in [6.45, 7) is 3.89. The maximum absolute atomic E-state index is 10.8. The Morgan fingerprint density at radius 1 is 1.19 bits per heavy atom. The zero-order valence-corrected chi connectivity index (χ0v) is 15.8. The monoisotopic (exact) mass is 432 g/mol. The molecule has 112 valence electrons. The Morgan fingerprint density at radius 2 is 1.86 bits per heavy atom. The molecule has 2 aromatic carbocycles. The average molecular weight is 435 g/mol. The lowest BCUT2D eigenvalue weighted by Crippen LogP contribution is -2.07. The second-order valence-electron chi connectivity index (χ2n) is 4.79. The quantitative estimate of drug-likeness (QED) is 0.684. The Morgan fingerprint density at radius 3 is 2.48 bits per heavy atom. The van der Waals surface area contributed by atoms with E-state index in [2.05, 4.69) is 31.9 Å². The van der Waals surface area contributed by atoms with E-state index in [9.17, 15) is 5.11 Å². The van der Waals surface area contributed by atoms with Gasteiger partial charge in [-0.1, -0.05) is 39.7 Å². The van der Waals surface area contributed by atoms with Gasteiger partial charge in [0.1, 0.15) is 11.9 Å². The van der Waals surface area contributed by atoms with Crippen LogP contribution in [0.1, 0.15) is 28.4 Å². The second kappa shape index (κ2) is 6.69. The summed E-state index contributed by atoms with van der Waals surface area (Å²) >= 11 is 13.2. The van der Waals surface area contributed by atoms with Gasteiger partial charge in [-0.15, -0.1) is 0 Å². The molecule has 0 heterocycles. The molecule has 0 saturated heterocycles. The summed E-state index contributed by atoms with van der Waals surface area (Å²) in [4.78, 5) is 0. The molecular formula is C16H15Br2ClO2. The van der Waals surface area contributed by atoms with Crippen LogP contribution >= 0.6 is 43.5 Å². The van der Waals surface area contributed by atoms with Crippen molar-refractivity contribution in [3.8, 4) is 5.75 Å². The first-order chi connectivity index (χ1) is 9.88. The van der Waals surface area contributed by atoms with Gasteiger partial charge in [0.2, 0.25) is 0 Å². The zero-order chi connectivity index (χ0) is 15.7. The predicted octanol–water partition coefficient (Wildman–Crippen LogP) is 5.57. The smallest absolute Gasteiger partial charge is 0.128 e. The molecule has 1 unspecified atom stereocenters. The highest BCUT2D eigenvalue weighted by Gasteiger charge is 2.23. The average Bonchev–Trinajstić information content (AvgIpc) is 2.44. The molecule has 0 aliphatic rings. The maximum atomic E-state index is 10.8. The molecule has 0 aliphatic carbocycles. The summed E-state index contributed by atoms with van der Waals surface area (Å²) in [5, 5.41) is 11.3. The van der Waals surface area contributed by atoms with Crippen LogP contribution in [0.2, 0.25) is 5.02 Å². The van der Waals surface area contributed by atoms with Crippen LogP contribution in [0, 0.1) is 13.8 Å². The normalized spacial score (nSPS) is 12.3. The van der Waals surface area contributed by atoms with Crippen LogP contribution in [0.25, 0.3) is 0 Å². The van der Waals surface area contributed by atoms with E-state index < -0.39 is 6.10 Å². The standard InChI is InChI=1S/C16H15Br2ClO2/c1-8-7-12(18)9(2)13(16(8)21-3)15(20)10-5-4-6-11(17)14(10)19/h4-7,15,20H,1-3H3. The van der Waals surface area contributed by atoms with Crippen LogP contribution in [-0.4, -0.2) is 12.2 Å². The number of aliphatic hydroxyl groups excluding tert-OH is 1. The predicted molar refractivity (Wildman–Crippen MR) is 93.4 cm³/mol. The summed E-state index contributed by atoms with van der Waals surface area (Å²) in [6.07, 6.45) is -0.860. The van der Waals surface area contributed by atoms with E-state index in [0.29, 0.717) is 16.3 Å². The minimum atomic E-state index is -0.860. The van der Waals surface area contributed by atoms with Crippen molar-refractivity contribution in [2.45, 2.75) is 20.0 Å². The minimum absolute atomic E-state index is 0.504. The molecule has 21 heavy (non-hydrogen) atoms. The van der Waals surface area contributed by atoms with Crippen molar-refractivity contribution in [2.75, 3.05) is 7.11 Å². The van der Waals surface area contributed by atoms with Crippen LogP contribution in [0.4, 0.5) is 0 Å². The Balaban J connectivity index is 2.68. The molecule has 0 saturated carbocycles. The molecule has 2 rings (SSSR count). The Labute approximate surface area is 146 Å². The summed E-state index contributed by atoms with van der Waals surface area (Å²) in [5.74, 6) is 0.680. The third-order valence-electron chi connectivity index (χ3n) is 3.46. The Bertz CT molecular complexity index is 686. The van der Waals surface area contributed by atoms with Crippen molar-refractivity contribution < 1.29 is 9.84 Å². The molecule has 0 aromatic heterocycles. The highest BCUT2D eigenvalue weighted by Crippen LogP contribution is 2.41. The van der Waals surface area contributed by atoms with E-state index in [-0.39, 0.29) is 0 Å². The highest BCUT2D eigenvalue weighted by atomic mass is 79.9. The van der Waals surface area contributed by atoms with E-state index in [1.807, 2.05) is 38.1 Å². The van der Waals surface area contributed by atoms with Gasteiger partial charge < -0.3 is 9.84 Å². The largest absolute Gasteiger partial charge is 0.496 e. The lowest BCUT2D eigenvalue weighted by atomic mass is 9.94. The fourth-order valence-electron chi connectivity index (χ4n) is 2.36. The number of hydrogen-bond donors (Lipinski definition) is 1. The van der Waals surface area contributed by atoms with Crippen LogP contribution in [0.3, 0.4) is 0 Å². The molecule has 0 spiro atoms. The number of hydrogen-bond acceptors (Lipinski definition) is 2. The molecule has 0 amide bonds. The second-order valence-corrected chi connectivity index (χ2v) is 6.88. The van der Waals surface area contributed by atoms with Gasteiger partial charge in [0.15, 0.2) is 0 Å².